The third-order valence-corrected chi connectivity index (χ3v) is 8.16. The molecule has 1 amide bonds. The lowest BCUT2D eigenvalue weighted by atomic mass is 9.85. The van der Waals surface area contributed by atoms with E-state index < -0.39 is 18.0 Å². The van der Waals surface area contributed by atoms with Gasteiger partial charge in [0.1, 0.15) is 11.8 Å². The van der Waals surface area contributed by atoms with Crippen LogP contribution in [0.2, 0.25) is 5.02 Å². The average Bonchev–Trinajstić information content (AvgIpc) is 3.60. The standard InChI is InChI=1S/C30H30ClF2N5O4/c31-19-13-23(27(28(32)33)35-14-19)29(39)36-20-7-5-18(6-8-20)16-37-24-3-1-2-4-25(24)38(30(37)40)21-9-10-26(34-15-21)42-22-11-12-41-17-22/h1-4,9-10,13-15,18,20,22,28H,5-8,11-12,16-17H2,(H,36,39)/t18?,20?,22-/m0/s1. The highest BCUT2D eigenvalue weighted by molar-refractivity contribution is 6.30. The number of carbonyl (C=O) groups is 1. The minimum atomic E-state index is -2.88. The number of pyridine rings is 2. The highest BCUT2D eigenvalue weighted by atomic mass is 35.5. The van der Waals surface area contributed by atoms with Gasteiger partial charge in [-0.15, -0.1) is 0 Å². The molecule has 0 radical (unpaired) electrons. The molecule has 1 aliphatic carbocycles. The second-order valence-electron chi connectivity index (χ2n) is 10.8. The van der Waals surface area contributed by atoms with Crippen LogP contribution in [0.1, 0.15) is 54.6 Å². The molecule has 0 spiro atoms. The molecule has 0 unspecified atom stereocenters. The minimum Gasteiger partial charge on any atom is -0.472 e. The summed E-state index contributed by atoms with van der Waals surface area (Å²) in [4.78, 5) is 34.6. The lowest BCUT2D eigenvalue weighted by Gasteiger charge is -2.29. The molecule has 1 N–H and O–H groups in total. The molecule has 220 valence electrons. The van der Waals surface area contributed by atoms with Gasteiger partial charge in [-0.1, -0.05) is 23.7 Å². The Morgan fingerprint density at radius 3 is 2.55 bits per heavy atom. The molecule has 0 bridgehead atoms. The van der Waals surface area contributed by atoms with Crippen LogP contribution in [-0.2, 0) is 11.3 Å². The highest BCUT2D eigenvalue weighted by Gasteiger charge is 2.27. The van der Waals surface area contributed by atoms with Gasteiger partial charge in [-0.2, -0.15) is 0 Å². The summed E-state index contributed by atoms with van der Waals surface area (Å²) in [5.41, 5.74) is 1.32. The summed E-state index contributed by atoms with van der Waals surface area (Å²) < 4.78 is 41.4. The normalized spacial score (nSPS) is 20.7. The van der Waals surface area contributed by atoms with E-state index in [0.717, 1.165) is 36.5 Å². The van der Waals surface area contributed by atoms with E-state index in [1.807, 2.05) is 30.3 Å². The predicted octanol–water partition coefficient (Wildman–Crippen LogP) is 5.33. The van der Waals surface area contributed by atoms with Gasteiger partial charge in [-0.25, -0.2) is 18.6 Å². The van der Waals surface area contributed by atoms with Gasteiger partial charge in [0.2, 0.25) is 5.88 Å². The molecule has 1 saturated carbocycles. The number of amides is 1. The number of halogens is 3. The Labute approximate surface area is 245 Å². The number of fused-ring (bicyclic) bond motifs is 1. The smallest absolute Gasteiger partial charge is 0.333 e. The summed E-state index contributed by atoms with van der Waals surface area (Å²) >= 11 is 5.91. The molecule has 2 fully saturated rings. The van der Waals surface area contributed by atoms with Crippen LogP contribution in [0, 0.1) is 5.92 Å². The Balaban J connectivity index is 1.14. The fourth-order valence-electron chi connectivity index (χ4n) is 5.80. The largest absolute Gasteiger partial charge is 0.472 e. The highest BCUT2D eigenvalue weighted by Crippen LogP contribution is 2.29. The van der Waals surface area contributed by atoms with Gasteiger partial charge in [0.05, 0.1) is 46.7 Å². The van der Waals surface area contributed by atoms with Crippen molar-refractivity contribution in [1.82, 2.24) is 24.4 Å². The molecule has 6 rings (SSSR count). The van der Waals surface area contributed by atoms with Gasteiger partial charge in [-0.05, 0) is 55.9 Å². The molecule has 1 aliphatic heterocycles. The number of para-hydroxylation sites is 2. The Morgan fingerprint density at radius 2 is 1.86 bits per heavy atom. The Kier molecular flexibility index (Phi) is 8.21. The topological polar surface area (TPSA) is 100 Å². The molecule has 1 atom stereocenters. The summed E-state index contributed by atoms with van der Waals surface area (Å²) in [5, 5.41) is 2.99. The van der Waals surface area contributed by atoms with Crippen molar-refractivity contribution in [1.29, 1.82) is 0 Å². The number of hydrogen-bond acceptors (Lipinski definition) is 6. The molecule has 4 aromatic rings. The van der Waals surface area contributed by atoms with Crippen molar-refractivity contribution in [2.75, 3.05) is 13.2 Å². The average molecular weight is 598 g/mol. The Bertz CT molecular complexity index is 1630. The maximum atomic E-state index is 13.7. The molecule has 12 heteroatoms. The summed E-state index contributed by atoms with van der Waals surface area (Å²) in [6.07, 6.45) is 3.55. The van der Waals surface area contributed by atoms with E-state index in [2.05, 4.69) is 15.3 Å². The molecule has 1 aromatic carbocycles. The lowest BCUT2D eigenvalue weighted by molar-refractivity contribution is 0.0904. The van der Waals surface area contributed by atoms with Gasteiger partial charge < -0.3 is 14.8 Å². The second kappa shape index (κ2) is 12.2. The van der Waals surface area contributed by atoms with Crippen LogP contribution in [0.15, 0.2) is 59.7 Å². The summed E-state index contributed by atoms with van der Waals surface area (Å²) in [6, 6.07) is 12.3. The van der Waals surface area contributed by atoms with Crippen molar-refractivity contribution in [3.63, 3.8) is 0 Å². The predicted molar refractivity (Wildman–Crippen MR) is 153 cm³/mol. The zero-order chi connectivity index (χ0) is 29.2. The van der Waals surface area contributed by atoms with Crippen LogP contribution in [-0.4, -0.2) is 50.4 Å². The number of alkyl halides is 2. The molecule has 9 nitrogen and oxygen atoms in total. The van der Waals surface area contributed by atoms with E-state index in [9.17, 15) is 18.4 Å². The quantitative estimate of drug-likeness (QED) is 0.295. The van der Waals surface area contributed by atoms with Gasteiger partial charge in [0.25, 0.3) is 12.3 Å². The third-order valence-electron chi connectivity index (χ3n) is 7.95. The first-order chi connectivity index (χ1) is 20.4. The van der Waals surface area contributed by atoms with Crippen LogP contribution in [0.3, 0.4) is 0 Å². The number of ether oxygens (including phenoxy) is 2. The van der Waals surface area contributed by atoms with Crippen LogP contribution in [0.5, 0.6) is 5.88 Å². The summed E-state index contributed by atoms with van der Waals surface area (Å²) in [5.74, 6) is 0.0960. The number of rotatable bonds is 8. The first-order valence-corrected chi connectivity index (χ1v) is 14.4. The monoisotopic (exact) mass is 597 g/mol. The zero-order valence-electron chi connectivity index (χ0n) is 22.7. The molecular weight excluding hydrogens is 568 g/mol. The van der Waals surface area contributed by atoms with E-state index in [1.54, 1.807) is 21.4 Å². The van der Waals surface area contributed by atoms with Crippen molar-refractivity contribution in [2.24, 2.45) is 5.92 Å². The SMILES string of the molecule is O=C(NC1CCC(Cn2c(=O)n(-c3ccc(O[C@H]4CCOC4)nc3)c3ccccc32)CC1)c1cc(Cl)cnc1C(F)F. The fourth-order valence-corrected chi connectivity index (χ4v) is 5.96. The number of benzene rings is 1. The van der Waals surface area contributed by atoms with Gasteiger partial charge in [0.15, 0.2) is 0 Å². The maximum absolute atomic E-state index is 13.7. The number of aromatic nitrogens is 4. The van der Waals surface area contributed by atoms with Crippen molar-refractivity contribution >= 4 is 28.5 Å². The summed E-state index contributed by atoms with van der Waals surface area (Å²) in [6.45, 7) is 1.75. The second-order valence-corrected chi connectivity index (χ2v) is 11.2. The minimum absolute atomic E-state index is 0.0136. The fraction of sp³-hybridized carbons (Fsp3) is 0.400. The first kappa shape index (κ1) is 28.3. The van der Waals surface area contributed by atoms with Crippen LogP contribution in [0.25, 0.3) is 16.7 Å². The number of nitrogens with zero attached hydrogens (tertiary/aromatic N) is 4. The van der Waals surface area contributed by atoms with Gasteiger partial charge in [-0.3, -0.25) is 18.9 Å². The molecule has 1 saturated heterocycles. The van der Waals surface area contributed by atoms with E-state index in [0.29, 0.717) is 44.2 Å². The van der Waals surface area contributed by atoms with Crippen molar-refractivity contribution in [2.45, 2.75) is 57.2 Å². The van der Waals surface area contributed by atoms with Crippen molar-refractivity contribution < 1.29 is 23.0 Å². The number of carbonyl (C=O) groups excluding carboxylic acids is 1. The first-order valence-electron chi connectivity index (χ1n) is 14.0. The maximum Gasteiger partial charge on any atom is 0.333 e. The molecule has 4 heterocycles. The van der Waals surface area contributed by atoms with Crippen LogP contribution < -0.4 is 15.7 Å². The Morgan fingerprint density at radius 1 is 1.07 bits per heavy atom. The van der Waals surface area contributed by atoms with Crippen molar-refractivity contribution in [3.8, 4) is 11.6 Å². The number of imidazole rings is 1. The van der Waals surface area contributed by atoms with E-state index in [4.69, 9.17) is 21.1 Å². The van der Waals surface area contributed by atoms with Crippen LogP contribution in [0.4, 0.5) is 8.78 Å². The number of hydrogen-bond donors (Lipinski definition) is 1. The van der Waals surface area contributed by atoms with E-state index in [1.165, 1.54) is 6.07 Å². The van der Waals surface area contributed by atoms with Gasteiger partial charge >= 0.3 is 5.69 Å². The zero-order valence-corrected chi connectivity index (χ0v) is 23.5. The number of nitrogens with one attached hydrogen (secondary N) is 1. The van der Waals surface area contributed by atoms with Crippen LogP contribution >= 0.6 is 11.6 Å². The van der Waals surface area contributed by atoms with E-state index >= 15 is 0 Å². The molecule has 3 aromatic heterocycles. The molecular formula is C30H30ClF2N5O4. The summed E-state index contributed by atoms with van der Waals surface area (Å²) in [7, 11) is 0. The molecule has 2 aliphatic rings. The molecule has 42 heavy (non-hydrogen) atoms. The lowest BCUT2D eigenvalue weighted by Crippen LogP contribution is -2.39. The van der Waals surface area contributed by atoms with Crippen molar-refractivity contribution in [3.05, 3.63) is 81.6 Å². The third kappa shape index (κ3) is 5.89. The van der Waals surface area contributed by atoms with Gasteiger partial charge in [0, 0.05) is 31.3 Å². The van der Waals surface area contributed by atoms with E-state index in [-0.39, 0.29) is 34.3 Å². The Hall–Kier alpha value is -3.83.